The molecule has 1 aliphatic carbocycles. The van der Waals surface area contributed by atoms with E-state index in [0.29, 0.717) is 29.2 Å². The summed E-state index contributed by atoms with van der Waals surface area (Å²) in [5, 5.41) is 5.14. The fourth-order valence-corrected chi connectivity index (χ4v) is 4.04. The normalized spacial score (nSPS) is 15.6. The number of carbonyl (C=O) groups excluding carboxylic acids is 1. The van der Waals surface area contributed by atoms with Gasteiger partial charge >= 0.3 is 0 Å². The first-order chi connectivity index (χ1) is 14.7. The average molecular weight is 399 g/mol. The number of pyridine rings is 1. The Labute approximate surface area is 173 Å². The Balaban J connectivity index is 1.63. The predicted molar refractivity (Wildman–Crippen MR) is 112 cm³/mol. The number of hydrogen-bond acceptors (Lipinski definition) is 6. The van der Waals surface area contributed by atoms with Crippen molar-refractivity contribution in [1.29, 1.82) is 0 Å². The topological polar surface area (TPSA) is 91.2 Å². The maximum atomic E-state index is 11.5. The molecule has 1 atom stereocenters. The number of benzene rings is 2. The zero-order valence-electron chi connectivity index (χ0n) is 16.3. The van der Waals surface area contributed by atoms with Gasteiger partial charge in [0.25, 0.3) is 6.47 Å². The highest BCUT2D eigenvalue weighted by Gasteiger charge is 2.36. The van der Waals surface area contributed by atoms with E-state index >= 15 is 0 Å². The molecule has 0 saturated heterocycles. The highest BCUT2D eigenvalue weighted by molar-refractivity contribution is 5.92. The van der Waals surface area contributed by atoms with Crippen LogP contribution in [0.5, 0.6) is 0 Å². The van der Waals surface area contributed by atoms with Gasteiger partial charge in [0.2, 0.25) is 0 Å². The van der Waals surface area contributed by atoms with Crippen LogP contribution in [0.4, 0.5) is 0 Å². The molecule has 0 amide bonds. The average Bonchev–Trinajstić information content (AvgIpc) is 3.53. The number of carbonyl (C=O) groups is 1. The number of aromatic nitrogens is 2. The lowest BCUT2D eigenvalue weighted by Gasteiger charge is -2.30. The van der Waals surface area contributed by atoms with Crippen LogP contribution < -0.4 is 5.73 Å². The summed E-state index contributed by atoms with van der Waals surface area (Å²) in [6.45, 7) is 0.400. The second kappa shape index (κ2) is 7.39. The molecular weight excluding hydrogens is 378 g/mol. The first kappa shape index (κ1) is 18.5. The second-order valence-corrected chi connectivity index (χ2v) is 7.67. The lowest BCUT2D eigenvalue weighted by atomic mass is 9.89. The van der Waals surface area contributed by atoms with Crippen LogP contribution in [-0.2, 0) is 21.7 Å². The van der Waals surface area contributed by atoms with Crippen molar-refractivity contribution in [3.63, 3.8) is 0 Å². The van der Waals surface area contributed by atoms with Crippen LogP contribution in [0.3, 0.4) is 0 Å². The number of hydrogen-bond donors (Lipinski definition) is 1. The Morgan fingerprint density at radius 3 is 2.73 bits per heavy atom. The molecule has 1 saturated carbocycles. The molecule has 2 N–H and O–H groups in total. The molecule has 1 aliphatic rings. The number of fused-ring (bicyclic) bond motifs is 1. The summed E-state index contributed by atoms with van der Waals surface area (Å²) in [5.74, 6) is 0.504. The van der Waals surface area contributed by atoms with Crippen LogP contribution in [0.25, 0.3) is 22.2 Å². The van der Waals surface area contributed by atoms with Crippen LogP contribution in [0.15, 0.2) is 71.4 Å². The van der Waals surface area contributed by atoms with Gasteiger partial charge in [-0.1, -0.05) is 47.6 Å². The Morgan fingerprint density at radius 2 is 1.90 bits per heavy atom. The van der Waals surface area contributed by atoms with Gasteiger partial charge < -0.3 is 9.26 Å². The second-order valence-electron chi connectivity index (χ2n) is 7.67. The van der Waals surface area contributed by atoms with Gasteiger partial charge in [0.1, 0.15) is 5.69 Å². The van der Waals surface area contributed by atoms with Crippen molar-refractivity contribution in [2.24, 2.45) is 5.73 Å². The molecular formula is C24H21N3O3. The summed E-state index contributed by atoms with van der Waals surface area (Å²) >= 11 is 0. The summed E-state index contributed by atoms with van der Waals surface area (Å²) in [6, 6.07) is 19.2. The first-order valence-corrected chi connectivity index (χ1v) is 9.98. The smallest absolute Gasteiger partial charge is 0.295 e. The lowest BCUT2D eigenvalue weighted by Crippen LogP contribution is -2.42. The van der Waals surface area contributed by atoms with E-state index in [0.717, 1.165) is 29.5 Å². The van der Waals surface area contributed by atoms with Gasteiger partial charge in [-0.05, 0) is 42.5 Å². The Morgan fingerprint density at radius 1 is 1.10 bits per heavy atom. The van der Waals surface area contributed by atoms with E-state index in [4.69, 9.17) is 15.0 Å². The fraction of sp³-hybridized carbons (Fsp3) is 0.208. The number of nitrogens with zero attached hydrogens (tertiary/aromatic N) is 2. The number of ether oxygens (including phenoxy) is 1. The molecule has 0 aliphatic heterocycles. The molecule has 0 unspecified atom stereocenters. The molecule has 0 radical (unpaired) electrons. The van der Waals surface area contributed by atoms with Crippen molar-refractivity contribution in [3.8, 4) is 11.3 Å². The van der Waals surface area contributed by atoms with Crippen LogP contribution in [0, 0.1) is 0 Å². The van der Waals surface area contributed by atoms with Crippen LogP contribution in [0.2, 0.25) is 0 Å². The predicted octanol–water partition coefficient (Wildman–Crippen LogP) is 4.29. The quantitative estimate of drug-likeness (QED) is 0.368. The van der Waals surface area contributed by atoms with Gasteiger partial charge in [0.05, 0.1) is 0 Å². The minimum atomic E-state index is -1.39. The molecule has 5 rings (SSSR count). The van der Waals surface area contributed by atoms with E-state index in [1.165, 1.54) is 5.56 Å². The minimum Gasteiger partial charge on any atom is -0.442 e. The summed E-state index contributed by atoms with van der Waals surface area (Å²) in [7, 11) is 0. The summed E-state index contributed by atoms with van der Waals surface area (Å²) in [6.07, 6.45) is 4.31. The highest BCUT2D eigenvalue weighted by atomic mass is 16.5. The number of para-hydroxylation sites is 1. The zero-order chi connectivity index (χ0) is 20.6. The molecule has 4 aromatic rings. The van der Waals surface area contributed by atoms with Crippen molar-refractivity contribution in [2.45, 2.75) is 30.9 Å². The third kappa shape index (κ3) is 3.25. The van der Waals surface area contributed by atoms with Crippen LogP contribution >= 0.6 is 0 Å². The van der Waals surface area contributed by atoms with Crippen molar-refractivity contribution in [3.05, 3.63) is 83.7 Å². The van der Waals surface area contributed by atoms with Gasteiger partial charge in [-0.3, -0.25) is 15.5 Å². The molecule has 0 spiro atoms. The third-order valence-corrected chi connectivity index (χ3v) is 5.65. The largest absolute Gasteiger partial charge is 0.442 e. The fourth-order valence-electron chi connectivity index (χ4n) is 4.04. The summed E-state index contributed by atoms with van der Waals surface area (Å²) in [5.41, 5.74) is 10.1. The number of rotatable bonds is 7. The van der Waals surface area contributed by atoms with E-state index in [1.54, 1.807) is 6.20 Å². The SMILES string of the molecule is N[C@@](Cc1ncccc1C1CC1)(OC=O)c1ccccc1-c1noc2ccccc12. The minimum absolute atomic E-state index is 0.269. The van der Waals surface area contributed by atoms with Crippen molar-refractivity contribution in [2.75, 3.05) is 0 Å². The van der Waals surface area contributed by atoms with E-state index in [-0.39, 0.29) is 6.42 Å². The van der Waals surface area contributed by atoms with Gasteiger partial charge in [-0.2, -0.15) is 0 Å². The van der Waals surface area contributed by atoms with Gasteiger partial charge in [0, 0.05) is 34.8 Å². The van der Waals surface area contributed by atoms with Crippen LogP contribution in [0.1, 0.15) is 35.6 Å². The highest BCUT2D eigenvalue weighted by Crippen LogP contribution is 2.43. The lowest BCUT2D eigenvalue weighted by molar-refractivity contribution is -0.144. The van der Waals surface area contributed by atoms with Gasteiger partial charge in [-0.25, -0.2) is 0 Å². The van der Waals surface area contributed by atoms with E-state index < -0.39 is 5.72 Å². The number of nitrogens with two attached hydrogens (primary N) is 1. The van der Waals surface area contributed by atoms with Gasteiger partial charge in [0.15, 0.2) is 11.3 Å². The zero-order valence-corrected chi connectivity index (χ0v) is 16.3. The van der Waals surface area contributed by atoms with E-state index in [2.05, 4.69) is 16.2 Å². The molecule has 6 nitrogen and oxygen atoms in total. The maximum Gasteiger partial charge on any atom is 0.295 e. The van der Waals surface area contributed by atoms with Crippen molar-refractivity contribution < 1.29 is 14.1 Å². The first-order valence-electron chi connectivity index (χ1n) is 9.98. The van der Waals surface area contributed by atoms with Crippen LogP contribution in [-0.4, -0.2) is 16.6 Å². The van der Waals surface area contributed by atoms with Crippen molar-refractivity contribution >= 4 is 17.4 Å². The van der Waals surface area contributed by atoms with Gasteiger partial charge in [-0.15, -0.1) is 0 Å². The standard InChI is InChI=1S/C24H21N3O3/c25-24(29-15-28,14-21-17(16-11-12-16)8-5-13-26-21)20-9-3-1-6-18(20)23-19-7-2-4-10-22(19)30-27-23/h1-10,13,15-16H,11-12,14,25H2/t24-/m0/s1. The maximum absolute atomic E-state index is 11.5. The Bertz CT molecular complexity index is 1220. The molecule has 2 aromatic heterocycles. The molecule has 6 heteroatoms. The third-order valence-electron chi connectivity index (χ3n) is 5.65. The summed E-state index contributed by atoms with van der Waals surface area (Å²) < 4.78 is 11.0. The Hall–Kier alpha value is -3.51. The molecule has 150 valence electrons. The summed E-state index contributed by atoms with van der Waals surface area (Å²) in [4.78, 5) is 16.0. The molecule has 30 heavy (non-hydrogen) atoms. The Kier molecular flexibility index (Phi) is 4.56. The molecule has 0 bridgehead atoms. The van der Waals surface area contributed by atoms with Crippen molar-refractivity contribution in [1.82, 2.24) is 10.1 Å². The molecule has 1 fully saturated rings. The van der Waals surface area contributed by atoms with E-state index in [9.17, 15) is 4.79 Å². The van der Waals surface area contributed by atoms with E-state index in [1.807, 2.05) is 54.6 Å². The molecule has 2 aromatic carbocycles. The monoisotopic (exact) mass is 399 g/mol. The molecule has 2 heterocycles.